The number of amides is 1. The van der Waals surface area contributed by atoms with Crippen molar-refractivity contribution in [2.24, 2.45) is 0 Å². The van der Waals surface area contributed by atoms with Gasteiger partial charge in [0.1, 0.15) is 5.60 Å². The molecule has 104 valence electrons. The second-order valence-electron chi connectivity index (χ2n) is 5.63. The minimum atomic E-state index is -0.447. The van der Waals surface area contributed by atoms with Crippen LogP contribution in [0.2, 0.25) is 0 Å². The predicted octanol–water partition coefficient (Wildman–Crippen LogP) is 3.06. The van der Waals surface area contributed by atoms with E-state index in [-0.39, 0.29) is 11.2 Å². The van der Waals surface area contributed by atoms with Crippen molar-refractivity contribution in [1.82, 2.24) is 4.90 Å². The van der Waals surface area contributed by atoms with Crippen LogP contribution in [0.4, 0.5) is 4.79 Å². The van der Waals surface area contributed by atoms with Gasteiger partial charge in [-0.05, 0) is 40.0 Å². The van der Waals surface area contributed by atoms with Gasteiger partial charge in [0, 0.05) is 25.3 Å². The SMILES string of the molecule is CC(=O)SC1CCCN(C(=O)OC(C)(C)C)CC1. The van der Waals surface area contributed by atoms with Gasteiger partial charge >= 0.3 is 6.09 Å². The largest absolute Gasteiger partial charge is 0.444 e. The number of thioether (sulfide) groups is 1. The molecule has 0 saturated carbocycles. The van der Waals surface area contributed by atoms with Crippen LogP contribution in [0.5, 0.6) is 0 Å². The van der Waals surface area contributed by atoms with Crippen LogP contribution in [-0.4, -0.2) is 40.0 Å². The van der Waals surface area contributed by atoms with Crippen LogP contribution in [0.3, 0.4) is 0 Å². The summed E-state index contributed by atoms with van der Waals surface area (Å²) in [6.07, 6.45) is 2.55. The summed E-state index contributed by atoms with van der Waals surface area (Å²) >= 11 is 1.40. The van der Waals surface area contributed by atoms with E-state index in [1.54, 1.807) is 11.8 Å². The van der Waals surface area contributed by atoms with Crippen molar-refractivity contribution >= 4 is 23.0 Å². The van der Waals surface area contributed by atoms with Crippen LogP contribution in [0.25, 0.3) is 0 Å². The third-order valence-corrected chi connectivity index (χ3v) is 3.80. The topological polar surface area (TPSA) is 46.6 Å². The third-order valence-electron chi connectivity index (χ3n) is 2.66. The van der Waals surface area contributed by atoms with Crippen molar-refractivity contribution in [3.05, 3.63) is 0 Å². The van der Waals surface area contributed by atoms with Gasteiger partial charge in [-0.1, -0.05) is 11.8 Å². The standard InChI is InChI=1S/C13H23NO3S/c1-10(15)18-11-6-5-8-14(9-7-11)12(16)17-13(2,3)4/h11H,5-9H2,1-4H3. The van der Waals surface area contributed by atoms with E-state index in [1.807, 2.05) is 20.8 Å². The number of hydrogen-bond donors (Lipinski definition) is 0. The number of carbonyl (C=O) groups excluding carboxylic acids is 2. The minimum Gasteiger partial charge on any atom is -0.444 e. The smallest absolute Gasteiger partial charge is 0.410 e. The number of ether oxygens (including phenoxy) is 1. The molecule has 5 heteroatoms. The molecule has 0 spiro atoms. The zero-order valence-corrected chi connectivity index (χ0v) is 12.5. The van der Waals surface area contributed by atoms with E-state index < -0.39 is 5.60 Å². The summed E-state index contributed by atoms with van der Waals surface area (Å²) in [5.41, 5.74) is -0.447. The Morgan fingerprint density at radius 1 is 1.22 bits per heavy atom. The second kappa shape index (κ2) is 6.45. The van der Waals surface area contributed by atoms with Gasteiger partial charge in [0.15, 0.2) is 5.12 Å². The Bertz CT molecular complexity index is 312. The molecule has 1 amide bonds. The van der Waals surface area contributed by atoms with Crippen molar-refractivity contribution in [3.63, 3.8) is 0 Å². The van der Waals surface area contributed by atoms with Crippen molar-refractivity contribution < 1.29 is 14.3 Å². The fraction of sp³-hybridized carbons (Fsp3) is 0.846. The molecule has 0 aromatic carbocycles. The molecule has 1 fully saturated rings. The van der Waals surface area contributed by atoms with Crippen LogP contribution in [0, 0.1) is 0 Å². The number of hydrogen-bond acceptors (Lipinski definition) is 4. The Balaban J connectivity index is 2.46. The molecule has 0 aromatic heterocycles. The summed E-state index contributed by atoms with van der Waals surface area (Å²) in [5.74, 6) is 0. The Kier molecular flexibility index (Phi) is 5.50. The molecule has 1 heterocycles. The molecule has 0 N–H and O–H groups in total. The lowest BCUT2D eigenvalue weighted by Crippen LogP contribution is -2.37. The fourth-order valence-corrected chi connectivity index (χ4v) is 2.90. The van der Waals surface area contributed by atoms with Gasteiger partial charge in [-0.25, -0.2) is 4.79 Å². The van der Waals surface area contributed by atoms with Crippen molar-refractivity contribution in [2.45, 2.75) is 57.8 Å². The average molecular weight is 273 g/mol. The zero-order chi connectivity index (χ0) is 13.8. The lowest BCUT2D eigenvalue weighted by Gasteiger charge is -2.26. The minimum absolute atomic E-state index is 0.158. The van der Waals surface area contributed by atoms with Gasteiger partial charge in [-0.15, -0.1) is 0 Å². The molecule has 18 heavy (non-hydrogen) atoms. The van der Waals surface area contributed by atoms with Crippen molar-refractivity contribution in [1.29, 1.82) is 0 Å². The first-order chi connectivity index (χ1) is 8.28. The fourth-order valence-electron chi connectivity index (χ4n) is 1.93. The van der Waals surface area contributed by atoms with E-state index in [1.165, 1.54) is 11.8 Å². The van der Waals surface area contributed by atoms with Gasteiger partial charge in [0.25, 0.3) is 0 Å². The maximum atomic E-state index is 11.9. The average Bonchev–Trinajstić information content (AvgIpc) is 2.39. The van der Waals surface area contributed by atoms with Crippen molar-refractivity contribution in [3.8, 4) is 0 Å². The summed E-state index contributed by atoms with van der Waals surface area (Å²) in [7, 11) is 0. The van der Waals surface area contributed by atoms with E-state index in [4.69, 9.17) is 4.74 Å². The second-order valence-corrected chi connectivity index (χ2v) is 7.11. The van der Waals surface area contributed by atoms with E-state index in [0.29, 0.717) is 11.8 Å². The number of nitrogens with zero attached hydrogens (tertiary/aromatic N) is 1. The Morgan fingerprint density at radius 2 is 1.89 bits per heavy atom. The summed E-state index contributed by atoms with van der Waals surface area (Å²) in [4.78, 5) is 24.8. The number of carbonyl (C=O) groups is 2. The highest BCUT2D eigenvalue weighted by atomic mass is 32.2. The molecule has 1 unspecified atom stereocenters. The highest BCUT2D eigenvalue weighted by molar-refractivity contribution is 8.14. The lowest BCUT2D eigenvalue weighted by molar-refractivity contribution is -0.109. The van der Waals surface area contributed by atoms with Gasteiger partial charge in [0.2, 0.25) is 0 Å². The molecular formula is C13H23NO3S. The molecule has 0 radical (unpaired) electrons. The summed E-state index contributed by atoms with van der Waals surface area (Å²) < 4.78 is 5.36. The van der Waals surface area contributed by atoms with Gasteiger partial charge in [0.05, 0.1) is 0 Å². The quantitative estimate of drug-likeness (QED) is 0.736. The van der Waals surface area contributed by atoms with Gasteiger partial charge < -0.3 is 9.64 Å². The van der Waals surface area contributed by atoms with E-state index in [0.717, 1.165) is 25.8 Å². The Hall–Kier alpha value is -0.710. The Morgan fingerprint density at radius 3 is 2.44 bits per heavy atom. The maximum Gasteiger partial charge on any atom is 0.410 e. The molecule has 1 aliphatic heterocycles. The molecule has 0 aliphatic carbocycles. The van der Waals surface area contributed by atoms with Crippen LogP contribution in [0.1, 0.15) is 47.0 Å². The molecule has 1 rings (SSSR count). The number of likely N-dealkylation sites (tertiary alicyclic amines) is 1. The maximum absolute atomic E-state index is 11.9. The lowest BCUT2D eigenvalue weighted by atomic mass is 10.2. The normalized spacial score (nSPS) is 21.3. The molecule has 1 atom stereocenters. The first-order valence-corrected chi connectivity index (χ1v) is 7.31. The summed E-state index contributed by atoms with van der Waals surface area (Å²) in [6, 6.07) is 0. The monoisotopic (exact) mass is 273 g/mol. The van der Waals surface area contributed by atoms with Gasteiger partial charge in [-0.2, -0.15) is 0 Å². The molecule has 0 bridgehead atoms. The van der Waals surface area contributed by atoms with Crippen LogP contribution >= 0.6 is 11.8 Å². The van der Waals surface area contributed by atoms with Gasteiger partial charge in [-0.3, -0.25) is 4.79 Å². The van der Waals surface area contributed by atoms with E-state index in [2.05, 4.69) is 0 Å². The first-order valence-electron chi connectivity index (χ1n) is 6.43. The van der Waals surface area contributed by atoms with Crippen molar-refractivity contribution in [2.75, 3.05) is 13.1 Å². The van der Waals surface area contributed by atoms with Crippen LogP contribution < -0.4 is 0 Å². The van der Waals surface area contributed by atoms with Crippen LogP contribution in [-0.2, 0) is 9.53 Å². The highest BCUT2D eigenvalue weighted by Crippen LogP contribution is 2.24. The number of rotatable bonds is 1. The first kappa shape index (κ1) is 15.3. The summed E-state index contributed by atoms with van der Waals surface area (Å²) in [5, 5.41) is 0.501. The molecule has 0 aromatic rings. The molecular weight excluding hydrogens is 250 g/mol. The molecule has 1 saturated heterocycles. The van der Waals surface area contributed by atoms with E-state index >= 15 is 0 Å². The highest BCUT2D eigenvalue weighted by Gasteiger charge is 2.25. The molecule has 4 nitrogen and oxygen atoms in total. The third kappa shape index (κ3) is 5.76. The van der Waals surface area contributed by atoms with E-state index in [9.17, 15) is 9.59 Å². The molecule has 1 aliphatic rings. The Labute approximate surface area is 113 Å². The zero-order valence-electron chi connectivity index (χ0n) is 11.7. The van der Waals surface area contributed by atoms with Crippen LogP contribution in [0.15, 0.2) is 0 Å². The summed E-state index contributed by atoms with van der Waals surface area (Å²) in [6.45, 7) is 8.62. The predicted molar refractivity (Wildman–Crippen MR) is 73.7 cm³/mol.